The highest BCUT2D eigenvalue weighted by atomic mass is 35.5. The fourth-order valence-electron chi connectivity index (χ4n) is 1.45. The van der Waals surface area contributed by atoms with Crippen molar-refractivity contribution in [3.05, 3.63) is 28.0 Å². The molecule has 0 fully saturated rings. The van der Waals surface area contributed by atoms with Gasteiger partial charge < -0.3 is 10.0 Å². The number of hydrogen-bond acceptors (Lipinski definition) is 3. The Hall–Kier alpha value is -1.33. The first-order valence-electron chi connectivity index (χ1n) is 5.48. The molecule has 7 heteroatoms. The highest BCUT2D eigenvalue weighted by Crippen LogP contribution is 2.22. The lowest BCUT2D eigenvalue weighted by Gasteiger charge is -2.34. The number of rotatable bonds is 3. The number of carbonyl (C=O) groups is 2. The molecule has 0 atom stereocenters. The van der Waals surface area contributed by atoms with Crippen LogP contribution in [-0.2, 0) is 4.79 Å². The average Bonchev–Trinajstić information content (AvgIpc) is 2.26. The molecule has 1 aromatic rings. The fraction of sp³-hybridized carbons (Fsp3) is 0.417. The third kappa shape index (κ3) is 4.08. The summed E-state index contributed by atoms with van der Waals surface area (Å²) in [5.41, 5.74) is -0.728. The molecule has 104 valence electrons. The molecule has 0 radical (unpaired) electrons. The first kappa shape index (κ1) is 15.7. The minimum atomic E-state index is -1.11. The van der Waals surface area contributed by atoms with Crippen LogP contribution in [0.1, 0.15) is 31.3 Å². The zero-order chi connectivity index (χ0) is 14.8. The first-order chi connectivity index (χ1) is 8.62. The maximum atomic E-state index is 12.4. The van der Waals surface area contributed by atoms with Gasteiger partial charge in [0.15, 0.2) is 0 Å². The second-order valence-electron chi connectivity index (χ2n) is 4.92. The van der Waals surface area contributed by atoms with Gasteiger partial charge in [-0.05, 0) is 32.9 Å². The Kier molecular flexibility index (Phi) is 4.76. The number of aromatic nitrogens is 1. The molecule has 19 heavy (non-hydrogen) atoms. The maximum Gasteiger partial charge on any atom is 0.323 e. The predicted molar refractivity (Wildman–Crippen MR) is 72.7 cm³/mol. The Morgan fingerprint density at radius 2 is 1.89 bits per heavy atom. The predicted octanol–water partition coefficient (Wildman–Crippen LogP) is 2.71. The molecule has 0 spiro atoms. The molecule has 5 nitrogen and oxygen atoms in total. The minimum Gasteiger partial charge on any atom is -0.480 e. The number of carboxylic acids is 1. The van der Waals surface area contributed by atoms with Crippen molar-refractivity contribution in [3.8, 4) is 0 Å². The van der Waals surface area contributed by atoms with E-state index in [1.165, 1.54) is 17.0 Å². The molecule has 1 rings (SSSR count). The molecular formula is C12H14Cl2N2O3. The third-order valence-electron chi connectivity index (χ3n) is 2.36. The van der Waals surface area contributed by atoms with Crippen LogP contribution in [0.3, 0.4) is 0 Å². The number of carboxylic acid groups (broad SMARTS) is 1. The van der Waals surface area contributed by atoms with Crippen molar-refractivity contribution in [1.29, 1.82) is 0 Å². The van der Waals surface area contributed by atoms with E-state index in [4.69, 9.17) is 28.3 Å². The summed E-state index contributed by atoms with van der Waals surface area (Å²) in [4.78, 5) is 28.3. The van der Waals surface area contributed by atoms with E-state index in [1.54, 1.807) is 20.8 Å². The quantitative estimate of drug-likeness (QED) is 0.872. The summed E-state index contributed by atoms with van der Waals surface area (Å²) in [6.07, 6.45) is 0. The van der Waals surface area contributed by atoms with Crippen LogP contribution in [0.4, 0.5) is 0 Å². The zero-order valence-electron chi connectivity index (χ0n) is 10.8. The monoisotopic (exact) mass is 304 g/mol. The molecule has 0 saturated carbocycles. The van der Waals surface area contributed by atoms with Gasteiger partial charge in [0.05, 0.1) is 5.02 Å². The summed E-state index contributed by atoms with van der Waals surface area (Å²) < 4.78 is 0. The zero-order valence-corrected chi connectivity index (χ0v) is 12.3. The molecule has 1 aromatic heterocycles. The Morgan fingerprint density at radius 3 is 2.37 bits per heavy atom. The van der Waals surface area contributed by atoms with Gasteiger partial charge in [-0.1, -0.05) is 23.2 Å². The largest absolute Gasteiger partial charge is 0.480 e. The number of pyridine rings is 1. The smallest absolute Gasteiger partial charge is 0.323 e. The summed E-state index contributed by atoms with van der Waals surface area (Å²) in [6, 6.07) is 2.91. The fourth-order valence-corrected chi connectivity index (χ4v) is 1.78. The van der Waals surface area contributed by atoms with Crippen molar-refractivity contribution >= 4 is 35.1 Å². The van der Waals surface area contributed by atoms with Crippen molar-refractivity contribution in [1.82, 2.24) is 9.88 Å². The van der Waals surface area contributed by atoms with Gasteiger partial charge in [0.25, 0.3) is 5.91 Å². The SMILES string of the molecule is CC(C)(C)N(CC(=O)O)C(=O)c1nc(Cl)ccc1Cl. The van der Waals surface area contributed by atoms with E-state index < -0.39 is 24.0 Å². The molecule has 0 bridgehead atoms. The van der Waals surface area contributed by atoms with Crippen molar-refractivity contribution in [2.24, 2.45) is 0 Å². The first-order valence-corrected chi connectivity index (χ1v) is 6.24. The van der Waals surface area contributed by atoms with Crippen molar-refractivity contribution in [2.45, 2.75) is 26.3 Å². The van der Waals surface area contributed by atoms with Gasteiger partial charge in [-0.2, -0.15) is 0 Å². The summed E-state index contributed by atoms with van der Waals surface area (Å²) >= 11 is 11.6. The number of halogens is 2. The lowest BCUT2D eigenvalue weighted by Crippen LogP contribution is -2.48. The molecule has 0 saturated heterocycles. The summed E-state index contributed by atoms with van der Waals surface area (Å²) in [7, 11) is 0. The highest BCUT2D eigenvalue weighted by molar-refractivity contribution is 6.34. The van der Waals surface area contributed by atoms with Crippen LogP contribution in [0, 0.1) is 0 Å². The standard InChI is InChI=1S/C12H14Cl2N2O3/c1-12(2,3)16(6-9(17)18)11(19)10-7(13)4-5-8(14)15-10/h4-5H,6H2,1-3H3,(H,17,18). The topological polar surface area (TPSA) is 70.5 Å². The van der Waals surface area contributed by atoms with Crippen molar-refractivity contribution in [2.75, 3.05) is 6.54 Å². The molecule has 0 aliphatic rings. The van der Waals surface area contributed by atoms with Crippen LogP contribution in [0.5, 0.6) is 0 Å². The van der Waals surface area contributed by atoms with Crippen LogP contribution in [-0.4, -0.2) is 39.0 Å². The average molecular weight is 305 g/mol. The van der Waals surface area contributed by atoms with Crippen LogP contribution >= 0.6 is 23.2 Å². The summed E-state index contributed by atoms with van der Waals surface area (Å²) in [5.74, 6) is -1.68. The Bertz CT molecular complexity index is 512. The maximum absolute atomic E-state index is 12.4. The second kappa shape index (κ2) is 5.75. The van der Waals surface area contributed by atoms with Gasteiger partial charge in [-0.3, -0.25) is 9.59 Å². The summed E-state index contributed by atoms with van der Waals surface area (Å²) in [5, 5.41) is 9.15. The van der Waals surface area contributed by atoms with E-state index in [2.05, 4.69) is 4.98 Å². The molecule has 1 heterocycles. The molecular weight excluding hydrogens is 291 g/mol. The molecule has 0 aliphatic heterocycles. The van der Waals surface area contributed by atoms with Crippen molar-refractivity contribution in [3.63, 3.8) is 0 Å². The molecule has 1 N–H and O–H groups in total. The number of aliphatic carboxylic acids is 1. The van der Waals surface area contributed by atoms with E-state index in [1.807, 2.05) is 0 Å². The van der Waals surface area contributed by atoms with E-state index in [9.17, 15) is 9.59 Å². The lowest BCUT2D eigenvalue weighted by atomic mass is 10.1. The molecule has 1 amide bonds. The van der Waals surface area contributed by atoms with E-state index in [0.29, 0.717) is 0 Å². The lowest BCUT2D eigenvalue weighted by molar-refractivity contribution is -0.138. The minimum absolute atomic E-state index is 0.0506. The summed E-state index contributed by atoms with van der Waals surface area (Å²) in [6.45, 7) is 4.75. The van der Waals surface area contributed by atoms with E-state index in [0.717, 1.165) is 0 Å². The van der Waals surface area contributed by atoms with Gasteiger partial charge in [0.1, 0.15) is 17.4 Å². The Balaban J connectivity index is 3.19. The highest BCUT2D eigenvalue weighted by Gasteiger charge is 2.31. The van der Waals surface area contributed by atoms with Gasteiger partial charge in [-0.25, -0.2) is 4.98 Å². The number of nitrogens with zero attached hydrogens (tertiary/aromatic N) is 2. The van der Waals surface area contributed by atoms with Crippen molar-refractivity contribution < 1.29 is 14.7 Å². The van der Waals surface area contributed by atoms with Crippen LogP contribution in [0.2, 0.25) is 10.2 Å². The third-order valence-corrected chi connectivity index (χ3v) is 2.88. The van der Waals surface area contributed by atoms with Gasteiger partial charge >= 0.3 is 5.97 Å². The van der Waals surface area contributed by atoms with Crippen LogP contribution in [0.15, 0.2) is 12.1 Å². The van der Waals surface area contributed by atoms with Crippen LogP contribution < -0.4 is 0 Å². The number of amides is 1. The molecule has 0 unspecified atom stereocenters. The Morgan fingerprint density at radius 1 is 1.32 bits per heavy atom. The number of hydrogen-bond donors (Lipinski definition) is 1. The normalized spacial score (nSPS) is 11.2. The van der Waals surface area contributed by atoms with Gasteiger partial charge in [0.2, 0.25) is 0 Å². The van der Waals surface area contributed by atoms with E-state index in [-0.39, 0.29) is 15.9 Å². The molecule has 0 aromatic carbocycles. The van der Waals surface area contributed by atoms with Gasteiger partial charge in [0, 0.05) is 5.54 Å². The van der Waals surface area contributed by atoms with E-state index >= 15 is 0 Å². The second-order valence-corrected chi connectivity index (χ2v) is 5.71. The van der Waals surface area contributed by atoms with Crippen LogP contribution in [0.25, 0.3) is 0 Å². The van der Waals surface area contributed by atoms with Gasteiger partial charge in [-0.15, -0.1) is 0 Å². The molecule has 0 aliphatic carbocycles. The number of carbonyl (C=O) groups excluding carboxylic acids is 1. The Labute approximate surface area is 121 Å².